The summed E-state index contributed by atoms with van der Waals surface area (Å²) >= 11 is 0. The number of nitrogens with two attached hydrogens (primary N) is 1. The topological polar surface area (TPSA) is 56.4 Å². The summed E-state index contributed by atoms with van der Waals surface area (Å²) in [5.74, 6) is -0.236. The number of ether oxygens (including phenoxy) is 1. The zero-order valence-corrected chi connectivity index (χ0v) is 16.8. The molecule has 0 radical (unpaired) electrons. The predicted octanol–water partition coefficient (Wildman–Crippen LogP) is 4.34. The number of rotatable bonds is 5. The lowest BCUT2D eigenvalue weighted by Crippen LogP contribution is -2.27. The second kappa shape index (κ2) is 6.37. The van der Waals surface area contributed by atoms with Crippen molar-refractivity contribution in [2.75, 3.05) is 0 Å². The Morgan fingerprint density at radius 1 is 1.10 bits per heavy atom. The van der Waals surface area contributed by atoms with Crippen molar-refractivity contribution in [1.29, 1.82) is 0 Å². The van der Waals surface area contributed by atoms with Crippen molar-refractivity contribution in [3.8, 4) is 5.69 Å². The fourth-order valence-corrected chi connectivity index (χ4v) is 5.58. The van der Waals surface area contributed by atoms with E-state index in [0.29, 0.717) is 6.54 Å². The molecule has 2 aliphatic carbocycles. The number of halogens is 1. The molecule has 1 saturated carbocycles. The Balaban J connectivity index is 1.27. The molecule has 2 N–H and O–H groups in total. The lowest BCUT2D eigenvalue weighted by atomic mass is 9.81. The van der Waals surface area contributed by atoms with Gasteiger partial charge in [-0.05, 0) is 72.7 Å². The number of hydrogen-bond acceptors (Lipinski definition) is 3. The predicted molar refractivity (Wildman–Crippen MR) is 114 cm³/mol. The number of hydrogen-bond donors (Lipinski definition) is 1. The molecule has 4 nitrogen and oxygen atoms in total. The summed E-state index contributed by atoms with van der Waals surface area (Å²) in [6.07, 6.45) is 9.21. The molecule has 152 valence electrons. The molecule has 1 aliphatic heterocycles. The Morgan fingerprint density at radius 3 is 2.70 bits per heavy atom. The van der Waals surface area contributed by atoms with Crippen LogP contribution >= 0.6 is 0 Å². The molecule has 2 fully saturated rings. The highest BCUT2D eigenvalue weighted by atomic mass is 19.1. The number of epoxide rings is 1. The van der Waals surface area contributed by atoms with Gasteiger partial charge in [0.2, 0.25) is 0 Å². The first-order valence-corrected chi connectivity index (χ1v) is 10.7. The minimum absolute atomic E-state index is 0.0593. The second-order valence-electron chi connectivity index (χ2n) is 8.69. The lowest BCUT2D eigenvalue weighted by Gasteiger charge is -2.20. The molecule has 2 atom stereocenters. The quantitative estimate of drug-likeness (QED) is 0.647. The van der Waals surface area contributed by atoms with Gasteiger partial charge in [0.1, 0.15) is 17.0 Å². The number of benzene rings is 2. The van der Waals surface area contributed by atoms with Gasteiger partial charge in [-0.3, -0.25) is 0 Å². The van der Waals surface area contributed by atoms with Crippen LogP contribution in [0.2, 0.25) is 0 Å². The first-order chi connectivity index (χ1) is 14.6. The molecule has 1 aromatic heterocycles. The van der Waals surface area contributed by atoms with Crippen molar-refractivity contribution < 1.29 is 9.13 Å². The van der Waals surface area contributed by atoms with Crippen LogP contribution in [0.3, 0.4) is 0 Å². The van der Waals surface area contributed by atoms with Crippen LogP contribution in [0.5, 0.6) is 0 Å². The highest BCUT2D eigenvalue weighted by Crippen LogP contribution is 2.67. The van der Waals surface area contributed by atoms with Gasteiger partial charge in [0.15, 0.2) is 0 Å². The molecule has 3 aliphatic rings. The van der Waals surface area contributed by atoms with Gasteiger partial charge in [-0.1, -0.05) is 24.3 Å². The average Bonchev–Trinajstić information content (AvgIpc) is 3.04. The maximum atomic E-state index is 13.3. The highest BCUT2D eigenvalue weighted by Gasteiger charge is 2.74. The maximum absolute atomic E-state index is 13.3. The van der Waals surface area contributed by atoms with Gasteiger partial charge >= 0.3 is 0 Å². The summed E-state index contributed by atoms with van der Waals surface area (Å²) in [6, 6.07) is 14.9. The SMILES string of the molecule is NCc1ccccc1CC[C@]12CCC3=Cc4c(cnn4-c4ccc(F)cc4)CC31O2. The monoisotopic (exact) mass is 401 g/mol. The molecule has 2 heterocycles. The Kier molecular flexibility index (Phi) is 3.83. The normalized spacial score (nSPS) is 26.0. The molecule has 1 saturated heterocycles. The molecule has 3 aromatic rings. The van der Waals surface area contributed by atoms with Crippen LogP contribution in [0.25, 0.3) is 11.8 Å². The molecule has 6 rings (SSSR count). The molecule has 1 unspecified atom stereocenters. The van der Waals surface area contributed by atoms with Crippen molar-refractivity contribution in [1.82, 2.24) is 9.78 Å². The second-order valence-corrected chi connectivity index (χ2v) is 8.69. The van der Waals surface area contributed by atoms with Gasteiger partial charge in [-0.25, -0.2) is 9.07 Å². The van der Waals surface area contributed by atoms with E-state index in [1.165, 1.54) is 34.4 Å². The van der Waals surface area contributed by atoms with Crippen LogP contribution < -0.4 is 5.73 Å². The fraction of sp³-hybridized carbons (Fsp3) is 0.320. The Hall–Kier alpha value is -2.76. The van der Waals surface area contributed by atoms with Gasteiger partial charge in [-0.2, -0.15) is 5.10 Å². The molecule has 1 spiro atoms. The summed E-state index contributed by atoms with van der Waals surface area (Å²) in [4.78, 5) is 0. The van der Waals surface area contributed by atoms with Gasteiger partial charge in [-0.15, -0.1) is 0 Å². The molecule has 0 amide bonds. The molecule has 5 heteroatoms. The van der Waals surface area contributed by atoms with E-state index in [2.05, 4.69) is 35.4 Å². The standard InChI is InChI=1S/C25H24FN3O/c26-21-5-7-22(8-6-21)29-23-13-20-10-12-24(25(20,30-24)14-19(23)16-28-29)11-9-17-3-1-2-4-18(17)15-27/h1-8,13,16H,9-12,14-15,27H2/t24-,25?/m0/s1. The van der Waals surface area contributed by atoms with Gasteiger partial charge in [0.05, 0.1) is 17.6 Å². The first-order valence-electron chi connectivity index (χ1n) is 10.7. The lowest BCUT2D eigenvalue weighted by molar-refractivity contribution is 0.235. The molecule has 2 aromatic carbocycles. The third-order valence-electron chi connectivity index (χ3n) is 7.23. The summed E-state index contributed by atoms with van der Waals surface area (Å²) < 4.78 is 21.8. The van der Waals surface area contributed by atoms with E-state index in [-0.39, 0.29) is 17.0 Å². The largest absolute Gasteiger partial charge is 0.357 e. The third-order valence-corrected chi connectivity index (χ3v) is 7.23. The van der Waals surface area contributed by atoms with Crippen LogP contribution in [0.15, 0.2) is 60.3 Å². The van der Waals surface area contributed by atoms with Crippen molar-refractivity contribution in [3.05, 3.63) is 88.5 Å². The maximum Gasteiger partial charge on any atom is 0.123 e. The van der Waals surface area contributed by atoms with E-state index >= 15 is 0 Å². The number of aryl methyl sites for hydroxylation is 1. The number of nitrogens with zero attached hydrogens (tertiary/aromatic N) is 2. The molecular formula is C25H24FN3O. The summed E-state index contributed by atoms with van der Waals surface area (Å²) in [5.41, 5.74) is 12.8. The van der Waals surface area contributed by atoms with Crippen LogP contribution in [-0.2, 0) is 24.1 Å². The van der Waals surface area contributed by atoms with E-state index in [1.807, 2.05) is 10.9 Å². The number of fused-ring (bicyclic) bond motifs is 1. The van der Waals surface area contributed by atoms with Crippen LogP contribution in [0, 0.1) is 5.82 Å². The Labute approximate surface area is 175 Å². The average molecular weight is 401 g/mol. The van der Waals surface area contributed by atoms with Crippen LogP contribution in [0.1, 0.15) is 41.6 Å². The van der Waals surface area contributed by atoms with Crippen LogP contribution in [0.4, 0.5) is 4.39 Å². The highest BCUT2D eigenvalue weighted by molar-refractivity contribution is 5.66. The summed E-state index contributed by atoms with van der Waals surface area (Å²) in [7, 11) is 0. The smallest absolute Gasteiger partial charge is 0.123 e. The van der Waals surface area contributed by atoms with Crippen molar-refractivity contribution in [3.63, 3.8) is 0 Å². The molecular weight excluding hydrogens is 377 g/mol. The molecule has 0 bridgehead atoms. The van der Waals surface area contributed by atoms with Gasteiger partial charge in [0.25, 0.3) is 0 Å². The van der Waals surface area contributed by atoms with E-state index in [9.17, 15) is 4.39 Å². The zero-order chi connectivity index (χ0) is 20.3. The van der Waals surface area contributed by atoms with E-state index in [0.717, 1.165) is 43.5 Å². The molecule has 30 heavy (non-hydrogen) atoms. The van der Waals surface area contributed by atoms with Gasteiger partial charge < -0.3 is 10.5 Å². The van der Waals surface area contributed by atoms with Crippen molar-refractivity contribution >= 4 is 6.08 Å². The Morgan fingerprint density at radius 2 is 1.90 bits per heavy atom. The first kappa shape index (κ1) is 18.0. The van der Waals surface area contributed by atoms with Crippen LogP contribution in [-0.4, -0.2) is 21.0 Å². The van der Waals surface area contributed by atoms with E-state index in [1.54, 1.807) is 12.1 Å². The zero-order valence-electron chi connectivity index (χ0n) is 16.8. The van der Waals surface area contributed by atoms with E-state index < -0.39 is 0 Å². The Bertz CT molecular complexity index is 1170. The minimum Gasteiger partial charge on any atom is -0.357 e. The minimum atomic E-state index is -0.236. The fourth-order valence-electron chi connectivity index (χ4n) is 5.58. The van der Waals surface area contributed by atoms with Crippen molar-refractivity contribution in [2.24, 2.45) is 5.73 Å². The van der Waals surface area contributed by atoms with E-state index in [4.69, 9.17) is 10.5 Å². The van der Waals surface area contributed by atoms with Gasteiger partial charge in [0, 0.05) is 18.5 Å². The number of aromatic nitrogens is 2. The third kappa shape index (κ3) is 2.49. The summed E-state index contributed by atoms with van der Waals surface area (Å²) in [5, 5.41) is 4.59. The van der Waals surface area contributed by atoms with Crippen molar-refractivity contribution in [2.45, 2.75) is 49.9 Å². The summed E-state index contributed by atoms with van der Waals surface area (Å²) in [6.45, 7) is 0.576.